The molecule has 3 aromatic heterocycles. The Kier molecular flexibility index (Phi) is 6.24. The molecule has 0 bridgehead atoms. The number of nitrogens with zero attached hydrogens (tertiary/aromatic N) is 4. The average molecular weight is 420 g/mol. The molecule has 4 aromatic rings. The monoisotopic (exact) mass is 419 g/mol. The van der Waals surface area contributed by atoms with Crippen LogP contribution in [0.1, 0.15) is 27.5 Å². The maximum atomic E-state index is 12.7. The number of aromatic nitrogens is 4. The van der Waals surface area contributed by atoms with E-state index in [1.807, 2.05) is 60.3 Å². The zero-order valence-corrected chi connectivity index (χ0v) is 17.3. The van der Waals surface area contributed by atoms with Gasteiger partial charge in [-0.1, -0.05) is 35.1 Å². The van der Waals surface area contributed by atoms with Crippen molar-refractivity contribution >= 4 is 17.7 Å². The lowest BCUT2D eigenvalue weighted by molar-refractivity contribution is 0.0950. The van der Waals surface area contributed by atoms with Crippen LogP contribution in [0.2, 0.25) is 0 Å². The van der Waals surface area contributed by atoms with Gasteiger partial charge in [0.25, 0.3) is 5.91 Å². The molecular weight excluding hydrogens is 398 g/mol. The fraction of sp³-hybridized carbons (Fsp3) is 0.182. The highest BCUT2D eigenvalue weighted by molar-refractivity contribution is 7.98. The smallest absolute Gasteiger partial charge is 0.254 e. The first-order chi connectivity index (χ1) is 14.7. The number of hydrogen-bond donors (Lipinski definition) is 1. The van der Waals surface area contributed by atoms with Crippen molar-refractivity contribution in [1.29, 1.82) is 0 Å². The molecule has 1 aromatic carbocycles. The zero-order chi connectivity index (χ0) is 20.8. The van der Waals surface area contributed by atoms with Gasteiger partial charge in [-0.15, -0.1) is 0 Å². The van der Waals surface area contributed by atoms with E-state index in [0.717, 1.165) is 22.8 Å². The van der Waals surface area contributed by atoms with E-state index in [-0.39, 0.29) is 5.91 Å². The molecule has 30 heavy (non-hydrogen) atoms. The molecule has 152 valence electrons. The molecule has 3 heterocycles. The summed E-state index contributed by atoms with van der Waals surface area (Å²) in [6.07, 6.45) is 4.25. The Labute approximate surface area is 178 Å². The standard InChI is InChI=1S/C22H21N5O2S/c1-16-14-18(26-29-16)15-30-22-20(8-5-11-24-22)21(28)23-12-9-17-10-13-27(25-17)19-6-3-2-4-7-19/h2-8,10-11,13-14H,9,12,15H2,1H3,(H,23,28). The predicted molar refractivity (Wildman–Crippen MR) is 115 cm³/mol. The first kappa shape index (κ1) is 19.9. The molecule has 0 saturated carbocycles. The van der Waals surface area contributed by atoms with Crippen molar-refractivity contribution in [3.05, 3.63) is 89.7 Å². The van der Waals surface area contributed by atoms with Crippen LogP contribution in [-0.4, -0.2) is 32.4 Å². The van der Waals surface area contributed by atoms with Crippen LogP contribution in [0.3, 0.4) is 0 Å². The minimum absolute atomic E-state index is 0.149. The number of nitrogens with one attached hydrogen (secondary N) is 1. The highest BCUT2D eigenvalue weighted by Gasteiger charge is 2.13. The van der Waals surface area contributed by atoms with Crippen molar-refractivity contribution in [3.63, 3.8) is 0 Å². The van der Waals surface area contributed by atoms with Crippen LogP contribution in [0.5, 0.6) is 0 Å². The summed E-state index contributed by atoms with van der Waals surface area (Å²) in [5, 5.41) is 12.2. The summed E-state index contributed by atoms with van der Waals surface area (Å²) < 4.78 is 6.92. The van der Waals surface area contributed by atoms with Gasteiger partial charge < -0.3 is 9.84 Å². The number of para-hydroxylation sites is 1. The lowest BCUT2D eigenvalue weighted by Gasteiger charge is -2.08. The lowest BCUT2D eigenvalue weighted by Crippen LogP contribution is -2.26. The minimum atomic E-state index is -0.149. The minimum Gasteiger partial charge on any atom is -0.361 e. The molecule has 0 saturated heterocycles. The highest BCUT2D eigenvalue weighted by atomic mass is 32.2. The fourth-order valence-electron chi connectivity index (χ4n) is 2.93. The van der Waals surface area contributed by atoms with Gasteiger partial charge in [0.1, 0.15) is 10.8 Å². The van der Waals surface area contributed by atoms with Gasteiger partial charge in [0.15, 0.2) is 0 Å². The number of benzene rings is 1. The second kappa shape index (κ2) is 9.41. The SMILES string of the molecule is Cc1cc(CSc2ncccc2C(=O)NCCc2ccn(-c3ccccc3)n2)no1. The van der Waals surface area contributed by atoms with Crippen molar-refractivity contribution < 1.29 is 9.32 Å². The summed E-state index contributed by atoms with van der Waals surface area (Å²) in [7, 11) is 0. The van der Waals surface area contributed by atoms with Crippen LogP contribution >= 0.6 is 11.8 Å². The third kappa shape index (κ3) is 4.96. The third-order valence-electron chi connectivity index (χ3n) is 4.38. The van der Waals surface area contributed by atoms with E-state index in [2.05, 4.69) is 20.6 Å². The lowest BCUT2D eigenvalue weighted by atomic mass is 10.2. The van der Waals surface area contributed by atoms with E-state index in [4.69, 9.17) is 4.52 Å². The van der Waals surface area contributed by atoms with Crippen LogP contribution in [0.25, 0.3) is 5.69 Å². The molecule has 0 spiro atoms. The Morgan fingerprint density at radius 1 is 1.13 bits per heavy atom. The van der Waals surface area contributed by atoms with E-state index in [1.54, 1.807) is 18.3 Å². The molecule has 8 heteroatoms. The van der Waals surface area contributed by atoms with Crippen molar-refractivity contribution in [2.75, 3.05) is 6.54 Å². The first-order valence-electron chi connectivity index (χ1n) is 9.57. The Hall–Kier alpha value is -3.39. The summed E-state index contributed by atoms with van der Waals surface area (Å²) in [5.41, 5.74) is 3.30. The molecule has 0 aliphatic heterocycles. The predicted octanol–water partition coefficient (Wildman–Crippen LogP) is 3.83. The summed E-state index contributed by atoms with van der Waals surface area (Å²) in [4.78, 5) is 17.0. The van der Waals surface area contributed by atoms with Gasteiger partial charge in [-0.05, 0) is 37.3 Å². The maximum absolute atomic E-state index is 12.7. The molecule has 4 rings (SSSR count). The van der Waals surface area contributed by atoms with Gasteiger partial charge in [0.2, 0.25) is 0 Å². The number of carbonyl (C=O) groups excluding carboxylic acids is 1. The van der Waals surface area contributed by atoms with Crippen LogP contribution < -0.4 is 5.32 Å². The molecule has 1 amide bonds. The van der Waals surface area contributed by atoms with Gasteiger partial charge in [-0.25, -0.2) is 9.67 Å². The van der Waals surface area contributed by atoms with E-state index in [1.165, 1.54) is 11.8 Å². The van der Waals surface area contributed by atoms with Gasteiger partial charge in [0.05, 0.1) is 22.6 Å². The molecule has 0 radical (unpaired) electrons. The molecule has 0 aliphatic rings. The highest BCUT2D eigenvalue weighted by Crippen LogP contribution is 2.24. The maximum Gasteiger partial charge on any atom is 0.254 e. The zero-order valence-electron chi connectivity index (χ0n) is 16.5. The van der Waals surface area contributed by atoms with Crippen molar-refractivity contribution in [1.82, 2.24) is 25.2 Å². The number of rotatable bonds is 8. The Morgan fingerprint density at radius 3 is 2.80 bits per heavy atom. The number of aryl methyl sites for hydroxylation is 1. The Bertz CT molecular complexity index is 1120. The van der Waals surface area contributed by atoms with E-state index in [0.29, 0.717) is 29.3 Å². The number of carbonyl (C=O) groups is 1. The second-order valence-corrected chi connectivity index (χ2v) is 7.63. The van der Waals surface area contributed by atoms with Crippen molar-refractivity contribution in [2.45, 2.75) is 24.1 Å². The molecule has 1 N–H and O–H groups in total. The molecule has 0 unspecified atom stereocenters. The van der Waals surface area contributed by atoms with Gasteiger partial charge in [-0.3, -0.25) is 4.79 Å². The number of amides is 1. The van der Waals surface area contributed by atoms with E-state index >= 15 is 0 Å². The molecular formula is C22H21N5O2S. The van der Waals surface area contributed by atoms with Gasteiger partial charge in [-0.2, -0.15) is 5.10 Å². The Morgan fingerprint density at radius 2 is 2.00 bits per heavy atom. The van der Waals surface area contributed by atoms with Crippen molar-refractivity contribution in [3.8, 4) is 5.69 Å². The summed E-state index contributed by atoms with van der Waals surface area (Å²) in [5.74, 6) is 1.20. The quantitative estimate of drug-likeness (QED) is 0.437. The average Bonchev–Trinajstić information content (AvgIpc) is 3.42. The number of thioether (sulfide) groups is 1. The van der Waals surface area contributed by atoms with Crippen LogP contribution in [0.15, 0.2) is 76.5 Å². The molecule has 0 aliphatic carbocycles. The van der Waals surface area contributed by atoms with Gasteiger partial charge in [0, 0.05) is 37.2 Å². The summed E-state index contributed by atoms with van der Waals surface area (Å²) in [6.45, 7) is 2.34. The third-order valence-corrected chi connectivity index (χ3v) is 5.42. The molecule has 0 atom stereocenters. The first-order valence-corrected chi connectivity index (χ1v) is 10.6. The topological polar surface area (TPSA) is 85.8 Å². The summed E-state index contributed by atoms with van der Waals surface area (Å²) in [6, 6.07) is 17.3. The van der Waals surface area contributed by atoms with Crippen LogP contribution in [0.4, 0.5) is 0 Å². The fourth-order valence-corrected chi connectivity index (χ4v) is 3.80. The Balaban J connectivity index is 1.33. The van der Waals surface area contributed by atoms with Crippen LogP contribution in [0, 0.1) is 6.92 Å². The van der Waals surface area contributed by atoms with Gasteiger partial charge >= 0.3 is 0 Å². The molecule has 0 fully saturated rings. The van der Waals surface area contributed by atoms with E-state index < -0.39 is 0 Å². The number of pyridine rings is 1. The van der Waals surface area contributed by atoms with Crippen LogP contribution in [-0.2, 0) is 12.2 Å². The second-order valence-electron chi connectivity index (χ2n) is 6.67. The summed E-state index contributed by atoms with van der Waals surface area (Å²) >= 11 is 1.46. The largest absolute Gasteiger partial charge is 0.361 e. The normalized spacial score (nSPS) is 10.8. The van der Waals surface area contributed by atoms with E-state index in [9.17, 15) is 4.79 Å². The molecule has 7 nitrogen and oxygen atoms in total. The van der Waals surface area contributed by atoms with Crippen molar-refractivity contribution in [2.24, 2.45) is 0 Å². The number of hydrogen-bond acceptors (Lipinski definition) is 6.